The lowest BCUT2D eigenvalue weighted by Gasteiger charge is -2.10. The number of imidazole rings is 1. The number of nitrogens with one attached hydrogen (secondary N) is 1. The smallest absolute Gasteiger partial charge is 0.270 e. The van der Waals surface area contributed by atoms with E-state index in [0.717, 1.165) is 22.4 Å². The van der Waals surface area contributed by atoms with Crippen LogP contribution in [0.5, 0.6) is 0 Å². The highest BCUT2D eigenvalue weighted by molar-refractivity contribution is 9.10. The second-order valence-corrected chi connectivity index (χ2v) is 6.01. The first-order valence-corrected chi connectivity index (χ1v) is 7.59. The number of aromatic nitrogens is 2. The molecule has 1 heterocycles. The van der Waals surface area contributed by atoms with Gasteiger partial charge in [-0.25, -0.2) is 4.98 Å². The zero-order valence-corrected chi connectivity index (χ0v) is 12.9. The van der Waals surface area contributed by atoms with E-state index >= 15 is 0 Å². The molecule has 1 aromatic heterocycles. The van der Waals surface area contributed by atoms with Crippen molar-refractivity contribution in [3.8, 4) is 0 Å². The molecule has 21 heavy (non-hydrogen) atoms. The van der Waals surface area contributed by atoms with Gasteiger partial charge in [-0.15, -0.1) is 0 Å². The Bertz CT molecular complexity index is 667. The summed E-state index contributed by atoms with van der Waals surface area (Å²) in [6.07, 6.45) is 6.20. The first-order chi connectivity index (χ1) is 10.1. The normalized spacial score (nSPS) is 14.3. The van der Waals surface area contributed by atoms with Crippen LogP contribution in [0.15, 0.2) is 35.1 Å². The molecule has 3 rings (SSSR count). The topological polar surface area (TPSA) is 73.0 Å². The first kappa shape index (κ1) is 14.2. The number of non-ortho nitro benzene ring substituents is 1. The van der Waals surface area contributed by atoms with Gasteiger partial charge in [-0.1, -0.05) is 15.9 Å². The molecular formula is C14H15BrN4O2. The minimum Gasteiger partial charge on any atom is -0.329 e. The lowest BCUT2D eigenvalue weighted by Crippen LogP contribution is -2.19. The van der Waals surface area contributed by atoms with Crippen LogP contribution in [-0.2, 0) is 13.1 Å². The maximum Gasteiger partial charge on any atom is 0.270 e. The van der Waals surface area contributed by atoms with E-state index in [-0.39, 0.29) is 5.69 Å². The minimum atomic E-state index is -0.392. The van der Waals surface area contributed by atoms with Crippen LogP contribution < -0.4 is 5.32 Å². The molecule has 0 atom stereocenters. The van der Waals surface area contributed by atoms with E-state index in [9.17, 15) is 10.1 Å². The zero-order chi connectivity index (χ0) is 14.8. The van der Waals surface area contributed by atoms with Gasteiger partial charge in [0.1, 0.15) is 5.82 Å². The molecule has 0 bridgehead atoms. The third-order valence-corrected chi connectivity index (χ3v) is 4.25. The van der Waals surface area contributed by atoms with E-state index < -0.39 is 4.92 Å². The van der Waals surface area contributed by atoms with Crippen LogP contribution in [0.4, 0.5) is 5.69 Å². The van der Waals surface area contributed by atoms with Crippen LogP contribution in [0.1, 0.15) is 24.2 Å². The third kappa shape index (κ3) is 3.48. The average molecular weight is 351 g/mol. The average Bonchev–Trinajstić information content (AvgIpc) is 3.18. The summed E-state index contributed by atoms with van der Waals surface area (Å²) in [7, 11) is 0. The number of nitrogens with zero attached hydrogens (tertiary/aromatic N) is 3. The zero-order valence-electron chi connectivity index (χ0n) is 11.3. The second kappa shape index (κ2) is 5.95. The van der Waals surface area contributed by atoms with Crippen molar-refractivity contribution in [3.63, 3.8) is 0 Å². The lowest BCUT2D eigenvalue weighted by atomic mass is 10.2. The summed E-state index contributed by atoms with van der Waals surface area (Å²) in [6.45, 7) is 1.39. The Kier molecular flexibility index (Phi) is 4.03. The SMILES string of the molecule is O=[N+]([O-])c1ccc(Cn2ccnc2CNC2CC2)c(Br)c1. The van der Waals surface area contributed by atoms with Crippen molar-refractivity contribution in [3.05, 3.63) is 56.6 Å². The monoisotopic (exact) mass is 350 g/mol. The molecule has 0 amide bonds. The Morgan fingerprint density at radius 2 is 2.29 bits per heavy atom. The molecule has 1 saturated carbocycles. The van der Waals surface area contributed by atoms with Gasteiger partial charge in [0.2, 0.25) is 0 Å². The quantitative estimate of drug-likeness (QED) is 0.642. The first-order valence-electron chi connectivity index (χ1n) is 6.79. The van der Waals surface area contributed by atoms with Crippen molar-refractivity contribution in [1.29, 1.82) is 0 Å². The maximum atomic E-state index is 10.8. The molecule has 110 valence electrons. The molecule has 0 radical (unpaired) electrons. The summed E-state index contributed by atoms with van der Waals surface area (Å²) >= 11 is 3.40. The summed E-state index contributed by atoms with van der Waals surface area (Å²) in [5.74, 6) is 0.979. The van der Waals surface area contributed by atoms with Gasteiger partial charge in [0.15, 0.2) is 0 Å². The highest BCUT2D eigenvalue weighted by Gasteiger charge is 2.21. The van der Waals surface area contributed by atoms with Crippen molar-refractivity contribution >= 4 is 21.6 Å². The van der Waals surface area contributed by atoms with Crippen LogP contribution in [-0.4, -0.2) is 20.5 Å². The van der Waals surface area contributed by atoms with E-state index in [4.69, 9.17) is 0 Å². The lowest BCUT2D eigenvalue weighted by molar-refractivity contribution is -0.384. The van der Waals surface area contributed by atoms with E-state index in [2.05, 4.69) is 30.8 Å². The summed E-state index contributed by atoms with van der Waals surface area (Å²) in [5, 5.41) is 14.2. The Hall–Kier alpha value is -1.73. The fourth-order valence-electron chi connectivity index (χ4n) is 2.14. The van der Waals surface area contributed by atoms with E-state index in [1.807, 2.05) is 6.20 Å². The van der Waals surface area contributed by atoms with E-state index in [1.54, 1.807) is 12.3 Å². The molecule has 0 aliphatic heterocycles. The standard InChI is InChI=1S/C14H15BrN4O2/c15-13-7-12(19(20)21)4-1-10(13)9-18-6-5-16-14(18)8-17-11-2-3-11/h1,4-7,11,17H,2-3,8-9H2. The van der Waals surface area contributed by atoms with Crippen LogP contribution >= 0.6 is 15.9 Å². The van der Waals surface area contributed by atoms with Gasteiger partial charge in [0, 0.05) is 41.6 Å². The number of benzene rings is 1. The van der Waals surface area contributed by atoms with Crippen molar-refractivity contribution in [2.24, 2.45) is 0 Å². The van der Waals surface area contributed by atoms with Gasteiger partial charge in [-0.05, 0) is 24.5 Å². The van der Waals surface area contributed by atoms with Crippen LogP contribution in [0.25, 0.3) is 0 Å². The molecule has 0 unspecified atom stereocenters. The number of nitro groups is 1. The van der Waals surface area contributed by atoms with Crippen molar-refractivity contribution in [1.82, 2.24) is 14.9 Å². The molecule has 1 aromatic carbocycles. The van der Waals surface area contributed by atoms with Gasteiger partial charge in [0.25, 0.3) is 5.69 Å². The Labute approximate surface area is 130 Å². The van der Waals surface area contributed by atoms with E-state index in [0.29, 0.717) is 12.6 Å². The predicted octanol–water partition coefficient (Wildman–Crippen LogP) is 2.85. The second-order valence-electron chi connectivity index (χ2n) is 5.16. The largest absolute Gasteiger partial charge is 0.329 e. The van der Waals surface area contributed by atoms with E-state index in [1.165, 1.54) is 25.0 Å². The number of hydrogen-bond acceptors (Lipinski definition) is 4. The fraction of sp³-hybridized carbons (Fsp3) is 0.357. The van der Waals surface area contributed by atoms with Gasteiger partial charge in [0.05, 0.1) is 11.5 Å². The third-order valence-electron chi connectivity index (χ3n) is 3.52. The number of hydrogen-bond donors (Lipinski definition) is 1. The number of nitro benzene ring substituents is 1. The number of rotatable bonds is 6. The summed E-state index contributed by atoms with van der Waals surface area (Å²) in [5.41, 5.74) is 1.08. The molecule has 1 fully saturated rings. The predicted molar refractivity (Wildman–Crippen MR) is 82.0 cm³/mol. The van der Waals surface area contributed by atoms with Gasteiger partial charge in [-0.2, -0.15) is 0 Å². The minimum absolute atomic E-state index is 0.0897. The summed E-state index contributed by atoms with van der Waals surface area (Å²) in [4.78, 5) is 14.7. The molecule has 7 heteroatoms. The summed E-state index contributed by atoms with van der Waals surface area (Å²) < 4.78 is 2.80. The maximum absolute atomic E-state index is 10.8. The molecular weight excluding hydrogens is 336 g/mol. The van der Waals surface area contributed by atoms with Gasteiger partial charge >= 0.3 is 0 Å². The van der Waals surface area contributed by atoms with Crippen molar-refractivity contribution in [2.75, 3.05) is 0 Å². The molecule has 1 aliphatic carbocycles. The van der Waals surface area contributed by atoms with Crippen molar-refractivity contribution in [2.45, 2.75) is 32.0 Å². The van der Waals surface area contributed by atoms with Gasteiger partial charge in [-0.3, -0.25) is 10.1 Å². The van der Waals surface area contributed by atoms with Crippen molar-refractivity contribution < 1.29 is 4.92 Å². The number of halogens is 1. The van der Waals surface area contributed by atoms with Crippen LogP contribution in [0, 0.1) is 10.1 Å². The Morgan fingerprint density at radius 1 is 1.48 bits per heavy atom. The van der Waals surface area contributed by atoms with Crippen LogP contribution in [0.2, 0.25) is 0 Å². The molecule has 2 aromatic rings. The Morgan fingerprint density at radius 3 is 2.95 bits per heavy atom. The molecule has 1 aliphatic rings. The fourth-order valence-corrected chi connectivity index (χ4v) is 2.63. The van der Waals surface area contributed by atoms with Crippen LogP contribution in [0.3, 0.4) is 0 Å². The molecule has 0 saturated heterocycles. The molecule has 1 N–H and O–H groups in total. The highest BCUT2D eigenvalue weighted by Crippen LogP contribution is 2.24. The Balaban J connectivity index is 1.73. The highest BCUT2D eigenvalue weighted by atomic mass is 79.9. The molecule has 6 nitrogen and oxygen atoms in total. The van der Waals surface area contributed by atoms with Gasteiger partial charge < -0.3 is 9.88 Å². The summed E-state index contributed by atoms with van der Waals surface area (Å²) in [6, 6.07) is 5.48. The molecule has 0 spiro atoms.